The highest BCUT2D eigenvalue weighted by Crippen LogP contribution is 2.27. The molecule has 18 heavy (non-hydrogen) atoms. The number of nitriles is 1. The highest BCUT2D eigenvalue weighted by Gasteiger charge is 2.21. The summed E-state index contributed by atoms with van der Waals surface area (Å²) < 4.78 is 30.3. The first kappa shape index (κ1) is 14.5. The van der Waals surface area contributed by atoms with E-state index in [-0.39, 0.29) is 34.3 Å². The van der Waals surface area contributed by atoms with Crippen LogP contribution in [0.1, 0.15) is 28.9 Å². The molecule has 4 nitrogen and oxygen atoms in total. The Hall–Kier alpha value is -1.55. The van der Waals surface area contributed by atoms with Crippen molar-refractivity contribution < 1.29 is 18.3 Å². The van der Waals surface area contributed by atoms with Crippen LogP contribution >= 0.6 is 15.9 Å². The highest BCUT2D eigenvalue weighted by atomic mass is 79.9. The van der Waals surface area contributed by atoms with Gasteiger partial charge in [-0.15, -0.1) is 0 Å². The zero-order valence-corrected chi connectivity index (χ0v) is 11.0. The summed E-state index contributed by atoms with van der Waals surface area (Å²) in [7, 11) is 1.18. The first-order chi connectivity index (χ1) is 8.53. The number of ether oxygens (including phenoxy) is 1. The summed E-state index contributed by atoms with van der Waals surface area (Å²) in [6.07, 6.45) is -3.08. The van der Waals surface area contributed by atoms with E-state index in [1.165, 1.54) is 7.11 Å². The molecule has 0 N–H and O–H groups in total. The normalized spacial score (nSPS) is 10.2. The van der Waals surface area contributed by atoms with Gasteiger partial charge in [0.2, 0.25) is 0 Å². The second-order valence-electron chi connectivity index (χ2n) is 3.32. The molecule has 0 aromatic carbocycles. The van der Waals surface area contributed by atoms with E-state index >= 15 is 0 Å². The Morgan fingerprint density at radius 2 is 2.33 bits per heavy atom. The van der Waals surface area contributed by atoms with Gasteiger partial charge in [0, 0.05) is 10.9 Å². The molecule has 7 heteroatoms. The average Bonchev–Trinajstić information content (AvgIpc) is 2.38. The minimum atomic E-state index is -2.78. The van der Waals surface area contributed by atoms with Gasteiger partial charge in [-0.25, -0.2) is 13.8 Å². The molecule has 1 heterocycles. The van der Waals surface area contributed by atoms with Gasteiger partial charge in [-0.2, -0.15) is 5.26 Å². The standard InChI is InChI=1S/C11H9BrF2N2O2/c1-18-10(17)3-7-8(11(13)14)2-6(5-15)16-9(7)4-12/h2,11H,3-4H2,1H3. The fraction of sp³-hybridized carbons (Fsp3) is 0.364. The van der Waals surface area contributed by atoms with Crippen molar-refractivity contribution >= 4 is 21.9 Å². The van der Waals surface area contributed by atoms with E-state index < -0.39 is 12.4 Å². The van der Waals surface area contributed by atoms with Gasteiger partial charge in [0.25, 0.3) is 6.43 Å². The molecular weight excluding hydrogens is 310 g/mol. The number of esters is 1. The Labute approximate surface area is 111 Å². The monoisotopic (exact) mass is 318 g/mol. The van der Waals surface area contributed by atoms with Crippen molar-refractivity contribution in [1.29, 1.82) is 5.26 Å². The first-order valence-corrected chi connectivity index (χ1v) is 5.99. The molecule has 0 radical (unpaired) electrons. The molecule has 0 atom stereocenters. The van der Waals surface area contributed by atoms with E-state index in [0.29, 0.717) is 0 Å². The number of carbonyl (C=O) groups is 1. The topological polar surface area (TPSA) is 63.0 Å². The minimum absolute atomic E-state index is 0.103. The second kappa shape index (κ2) is 6.40. The summed E-state index contributed by atoms with van der Waals surface area (Å²) in [5, 5.41) is 8.89. The van der Waals surface area contributed by atoms with E-state index in [9.17, 15) is 13.6 Å². The van der Waals surface area contributed by atoms with Gasteiger partial charge in [0.15, 0.2) is 0 Å². The Morgan fingerprint density at radius 3 is 2.78 bits per heavy atom. The van der Waals surface area contributed by atoms with Crippen molar-refractivity contribution in [2.75, 3.05) is 7.11 Å². The smallest absolute Gasteiger partial charge is 0.310 e. The molecule has 0 aliphatic rings. The van der Waals surface area contributed by atoms with E-state index in [1.807, 2.05) is 0 Å². The maximum atomic E-state index is 12.9. The molecule has 0 saturated carbocycles. The van der Waals surface area contributed by atoms with Crippen LogP contribution in [0.5, 0.6) is 0 Å². The van der Waals surface area contributed by atoms with Gasteiger partial charge in [-0.1, -0.05) is 15.9 Å². The second-order valence-corrected chi connectivity index (χ2v) is 3.88. The van der Waals surface area contributed by atoms with Crippen molar-refractivity contribution in [3.63, 3.8) is 0 Å². The molecule has 0 spiro atoms. The molecule has 96 valence electrons. The molecule has 0 unspecified atom stereocenters. The molecule has 0 aliphatic heterocycles. The lowest BCUT2D eigenvalue weighted by molar-refractivity contribution is -0.139. The van der Waals surface area contributed by atoms with Gasteiger partial charge >= 0.3 is 5.97 Å². The van der Waals surface area contributed by atoms with Crippen LogP contribution in [0.25, 0.3) is 0 Å². The first-order valence-electron chi connectivity index (χ1n) is 4.87. The molecule has 0 saturated heterocycles. The number of nitrogens with zero attached hydrogens (tertiary/aromatic N) is 2. The number of hydrogen-bond acceptors (Lipinski definition) is 4. The highest BCUT2D eigenvalue weighted by molar-refractivity contribution is 9.08. The van der Waals surface area contributed by atoms with Crippen LogP contribution in [-0.4, -0.2) is 18.1 Å². The van der Waals surface area contributed by atoms with E-state index in [2.05, 4.69) is 25.7 Å². The van der Waals surface area contributed by atoms with Crippen LogP contribution in [0.4, 0.5) is 8.78 Å². The summed E-state index contributed by atoms with van der Waals surface area (Å²) in [5.74, 6) is -0.634. The number of methoxy groups -OCH3 is 1. The molecule has 0 aliphatic carbocycles. The molecule has 0 amide bonds. The van der Waals surface area contributed by atoms with Crippen molar-refractivity contribution in [3.05, 3.63) is 28.6 Å². The number of rotatable bonds is 4. The van der Waals surface area contributed by atoms with E-state index in [0.717, 1.165) is 6.07 Å². The Morgan fingerprint density at radius 1 is 1.67 bits per heavy atom. The maximum absolute atomic E-state index is 12.9. The summed E-state index contributed by atoms with van der Waals surface area (Å²) in [5.41, 5.74) is -0.114. The van der Waals surface area contributed by atoms with E-state index in [4.69, 9.17) is 5.26 Å². The molecule has 1 aromatic rings. The van der Waals surface area contributed by atoms with Crippen LogP contribution in [-0.2, 0) is 21.3 Å². The van der Waals surface area contributed by atoms with Crippen LogP contribution in [0.3, 0.4) is 0 Å². The predicted molar refractivity (Wildman–Crippen MR) is 62.3 cm³/mol. The summed E-state index contributed by atoms with van der Waals surface area (Å²) in [6.45, 7) is 0. The zero-order valence-electron chi connectivity index (χ0n) is 9.41. The fourth-order valence-corrected chi connectivity index (χ4v) is 1.89. The number of hydrogen-bond donors (Lipinski definition) is 0. The molecule has 0 bridgehead atoms. The number of carbonyl (C=O) groups excluding carboxylic acids is 1. The number of alkyl halides is 3. The summed E-state index contributed by atoms with van der Waals surface area (Å²) in [6, 6.07) is 2.71. The number of halogens is 3. The van der Waals surface area contributed by atoms with Gasteiger partial charge in [0.1, 0.15) is 11.8 Å². The van der Waals surface area contributed by atoms with Crippen molar-refractivity contribution in [2.24, 2.45) is 0 Å². The third-order valence-electron chi connectivity index (χ3n) is 2.27. The lowest BCUT2D eigenvalue weighted by Crippen LogP contribution is -2.11. The number of aromatic nitrogens is 1. The molecule has 0 fully saturated rings. The fourth-order valence-electron chi connectivity index (χ4n) is 1.43. The van der Waals surface area contributed by atoms with Crippen LogP contribution < -0.4 is 0 Å². The van der Waals surface area contributed by atoms with Gasteiger partial charge < -0.3 is 4.74 Å². The Kier molecular flexibility index (Phi) is 5.16. The summed E-state index contributed by atoms with van der Waals surface area (Å²) in [4.78, 5) is 15.1. The van der Waals surface area contributed by atoms with Crippen molar-refractivity contribution in [3.8, 4) is 6.07 Å². The quantitative estimate of drug-likeness (QED) is 0.632. The minimum Gasteiger partial charge on any atom is -0.469 e. The van der Waals surface area contributed by atoms with Crippen LogP contribution in [0.15, 0.2) is 6.07 Å². The third-order valence-corrected chi connectivity index (χ3v) is 2.80. The summed E-state index contributed by atoms with van der Waals surface area (Å²) >= 11 is 3.10. The average molecular weight is 319 g/mol. The third kappa shape index (κ3) is 3.23. The SMILES string of the molecule is COC(=O)Cc1c(C(F)F)cc(C#N)nc1CBr. The molecule has 1 rings (SSSR count). The van der Waals surface area contributed by atoms with Crippen LogP contribution in [0, 0.1) is 11.3 Å². The number of pyridine rings is 1. The predicted octanol–water partition coefficient (Wildman–Crippen LogP) is 2.50. The molecular formula is C11H9BrF2N2O2. The largest absolute Gasteiger partial charge is 0.469 e. The van der Waals surface area contributed by atoms with Crippen LogP contribution in [0.2, 0.25) is 0 Å². The van der Waals surface area contributed by atoms with Crippen molar-refractivity contribution in [1.82, 2.24) is 4.98 Å². The van der Waals surface area contributed by atoms with Gasteiger partial charge in [-0.3, -0.25) is 4.79 Å². The molecule has 1 aromatic heterocycles. The zero-order chi connectivity index (χ0) is 13.7. The van der Waals surface area contributed by atoms with Gasteiger partial charge in [-0.05, 0) is 11.6 Å². The maximum Gasteiger partial charge on any atom is 0.310 e. The van der Waals surface area contributed by atoms with Crippen molar-refractivity contribution in [2.45, 2.75) is 18.2 Å². The Bertz CT molecular complexity index is 501. The Balaban J connectivity index is 3.35. The lowest BCUT2D eigenvalue weighted by Gasteiger charge is -2.12. The lowest BCUT2D eigenvalue weighted by atomic mass is 10.0. The van der Waals surface area contributed by atoms with E-state index in [1.54, 1.807) is 6.07 Å². The van der Waals surface area contributed by atoms with Gasteiger partial charge in [0.05, 0.1) is 19.2 Å².